The van der Waals surface area contributed by atoms with E-state index in [-0.39, 0.29) is 11.0 Å². The van der Waals surface area contributed by atoms with Crippen LogP contribution in [0.2, 0.25) is 0 Å². The molecule has 5 nitrogen and oxygen atoms in total. The Morgan fingerprint density at radius 2 is 1.47 bits per heavy atom. The molecular formula is C25H15N3O2. The number of nitriles is 2. The van der Waals surface area contributed by atoms with E-state index in [1.807, 2.05) is 36.4 Å². The van der Waals surface area contributed by atoms with Crippen molar-refractivity contribution in [2.45, 2.75) is 0 Å². The van der Waals surface area contributed by atoms with Crippen LogP contribution in [-0.2, 0) is 0 Å². The second-order valence-corrected chi connectivity index (χ2v) is 6.54. The van der Waals surface area contributed by atoms with Crippen LogP contribution < -0.4 is 10.2 Å². The highest BCUT2D eigenvalue weighted by Crippen LogP contribution is 2.27. The predicted octanol–water partition coefficient (Wildman–Crippen LogP) is 5.24. The van der Waals surface area contributed by atoms with Gasteiger partial charge in [-0.3, -0.25) is 4.79 Å². The number of rotatable bonds is 4. The average molecular weight is 389 g/mol. The Balaban J connectivity index is 1.74. The van der Waals surface area contributed by atoms with Crippen molar-refractivity contribution in [1.82, 2.24) is 4.98 Å². The molecule has 4 aromatic rings. The van der Waals surface area contributed by atoms with Crippen LogP contribution in [0.25, 0.3) is 22.5 Å². The molecule has 0 saturated carbocycles. The Hall–Kier alpha value is -4.61. The lowest BCUT2D eigenvalue weighted by molar-refractivity contribution is 0.483. The van der Waals surface area contributed by atoms with Crippen LogP contribution in [0.3, 0.4) is 0 Å². The standard InChI is InChI=1S/C25H15N3O2/c26-15-17-5-4-6-19(13-17)23-14-24(29)22(16-27)25(28-23)18-9-11-21(12-10-18)30-20-7-2-1-3-8-20/h1-14H,(H,28,29). The summed E-state index contributed by atoms with van der Waals surface area (Å²) in [5.74, 6) is 1.36. The van der Waals surface area contributed by atoms with Gasteiger partial charge in [-0.2, -0.15) is 10.5 Å². The van der Waals surface area contributed by atoms with Gasteiger partial charge < -0.3 is 9.72 Å². The van der Waals surface area contributed by atoms with Crippen LogP contribution in [0.4, 0.5) is 0 Å². The van der Waals surface area contributed by atoms with Crippen molar-refractivity contribution in [3.05, 3.63) is 106 Å². The van der Waals surface area contributed by atoms with E-state index in [9.17, 15) is 10.1 Å². The van der Waals surface area contributed by atoms with Gasteiger partial charge in [-0.15, -0.1) is 0 Å². The summed E-state index contributed by atoms with van der Waals surface area (Å²) >= 11 is 0. The molecular weight excluding hydrogens is 374 g/mol. The first-order valence-corrected chi connectivity index (χ1v) is 9.19. The zero-order chi connectivity index (χ0) is 20.9. The maximum Gasteiger partial charge on any atom is 0.200 e. The minimum atomic E-state index is -0.381. The fourth-order valence-electron chi connectivity index (χ4n) is 3.11. The molecule has 0 spiro atoms. The quantitative estimate of drug-likeness (QED) is 0.516. The van der Waals surface area contributed by atoms with Gasteiger partial charge in [-0.1, -0.05) is 30.3 Å². The predicted molar refractivity (Wildman–Crippen MR) is 114 cm³/mol. The lowest BCUT2D eigenvalue weighted by Gasteiger charge is -2.10. The van der Waals surface area contributed by atoms with Crippen LogP contribution in [-0.4, -0.2) is 4.98 Å². The van der Waals surface area contributed by atoms with Crippen molar-refractivity contribution >= 4 is 0 Å². The van der Waals surface area contributed by atoms with Crippen molar-refractivity contribution in [3.63, 3.8) is 0 Å². The van der Waals surface area contributed by atoms with E-state index < -0.39 is 0 Å². The molecule has 0 unspecified atom stereocenters. The Morgan fingerprint density at radius 1 is 0.733 bits per heavy atom. The average Bonchev–Trinajstić information content (AvgIpc) is 2.80. The Bertz CT molecular complexity index is 1340. The topological polar surface area (TPSA) is 89.7 Å². The van der Waals surface area contributed by atoms with E-state index in [4.69, 9.17) is 10.00 Å². The smallest absolute Gasteiger partial charge is 0.200 e. The minimum Gasteiger partial charge on any atom is -0.457 e. The van der Waals surface area contributed by atoms with Crippen LogP contribution in [0.15, 0.2) is 89.7 Å². The van der Waals surface area contributed by atoms with Gasteiger partial charge >= 0.3 is 0 Å². The molecule has 5 heteroatoms. The molecule has 0 saturated heterocycles. The van der Waals surface area contributed by atoms with E-state index in [0.717, 1.165) is 5.75 Å². The normalized spacial score (nSPS) is 10.1. The Kier molecular flexibility index (Phi) is 5.11. The molecule has 1 aromatic heterocycles. The molecule has 30 heavy (non-hydrogen) atoms. The number of pyridine rings is 1. The lowest BCUT2D eigenvalue weighted by Crippen LogP contribution is -2.09. The molecule has 1 N–H and O–H groups in total. The summed E-state index contributed by atoms with van der Waals surface area (Å²) in [6, 6.07) is 29.0. The zero-order valence-electron chi connectivity index (χ0n) is 15.8. The number of aromatic nitrogens is 1. The van der Waals surface area contributed by atoms with Crippen LogP contribution in [0.5, 0.6) is 11.5 Å². The van der Waals surface area contributed by atoms with Gasteiger partial charge in [0.25, 0.3) is 0 Å². The second-order valence-electron chi connectivity index (χ2n) is 6.54. The van der Waals surface area contributed by atoms with Crippen LogP contribution in [0, 0.1) is 22.7 Å². The highest BCUT2D eigenvalue weighted by atomic mass is 16.5. The maximum absolute atomic E-state index is 12.6. The molecule has 0 aliphatic heterocycles. The van der Waals surface area contributed by atoms with Crippen molar-refractivity contribution < 1.29 is 4.74 Å². The number of para-hydroxylation sites is 1. The number of nitrogens with zero attached hydrogens (tertiary/aromatic N) is 2. The van der Waals surface area contributed by atoms with Gasteiger partial charge in [0.15, 0.2) is 0 Å². The molecule has 0 radical (unpaired) electrons. The van der Waals surface area contributed by atoms with Crippen molar-refractivity contribution in [3.8, 4) is 46.2 Å². The van der Waals surface area contributed by atoms with Gasteiger partial charge in [-0.25, -0.2) is 0 Å². The first kappa shape index (κ1) is 18.7. The molecule has 0 atom stereocenters. The summed E-state index contributed by atoms with van der Waals surface area (Å²) in [5.41, 5.74) is 2.48. The highest BCUT2D eigenvalue weighted by molar-refractivity contribution is 5.72. The molecule has 1 heterocycles. The summed E-state index contributed by atoms with van der Waals surface area (Å²) in [5, 5.41) is 18.6. The zero-order valence-corrected chi connectivity index (χ0v) is 15.8. The molecule has 0 bridgehead atoms. The molecule has 0 aliphatic carbocycles. The Morgan fingerprint density at radius 3 is 2.17 bits per heavy atom. The van der Waals surface area contributed by atoms with Crippen molar-refractivity contribution in [1.29, 1.82) is 10.5 Å². The summed E-state index contributed by atoms with van der Waals surface area (Å²) in [7, 11) is 0. The van der Waals surface area contributed by atoms with E-state index in [2.05, 4.69) is 11.1 Å². The summed E-state index contributed by atoms with van der Waals surface area (Å²) < 4.78 is 5.80. The third-order valence-corrected chi connectivity index (χ3v) is 4.57. The number of hydrogen-bond acceptors (Lipinski definition) is 4. The summed E-state index contributed by atoms with van der Waals surface area (Å²) in [4.78, 5) is 15.8. The van der Waals surface area contributed by atoms with Crippen molar-refractivity contribution in [2.24, 2.45) is 0 Å². The molecule has 3 aromatic carbocycles. The van der Waals surface area contributed by atoms with E-state index in [1.165, 1.54) is 6.07 Å². The van der Waals surface area contributed by atoms with E-state index in [0.29, 0.717) is 33.8 Å². The van der Waals surface area contributed by atoms with Gasteiger partial charge in [-0.05, 0) is 59.7 Å². The van der Waals surface area contributed by atoms with E-state index in [1.54, 1.807) is 48.5 Å². The molecule has 142 valence electrons. The largest absolute Gasteiger partial charge is 0.457 e. The van der Waals surface area contributed by atoms with Crippen LogP contribution in [0.1, 0.15) is 11.1 Å². The number of benzene rings is 3. The molecule has 0 fully saturated rings. The summed E-state index contributed by atoms with van der Waals surface area (Å²) in [6.07, 6.45) is 0. The van der Waals surface area contributed by atoms with Crippen molar-refractivity contribution in [2.75, 3.05) is 0 Å². The number of ether oxygens (including phenoxy) is 1. The fourth-order valence-corrected chi connectivity index (χ4v) is 3.11. The number of hydrogen-bond donors (Lipinski definition) is 1. The molecule has 0 amide bonds. The minimum absolute atomic E-state index is 0.0342. The van der Waals surface area contributed by atoms with Gasteiger partial charge in [0.1, 0.15) is 23.1 Å². The molecule has 4 rings (SSSR count). The Labute approximate surface area is 173 Å². The van der Waals surface area contributed by atoms with E-state index >= 15 is 0 Å². The first-order valence-electron chi connectivity index (χ1n) is 9.19. The third-order valence-electron chi connectivity index (χ3n) is 4.57. The first-order chi connectivity index (χ1) is 14.7. The van der Waals surface area contributed by atoms with Gasteiger partial charge in [0.2, 0.25) is 5.43 Å². The molecule has 0 aliphatic rings. The fraction of sp³-hybridized carbons (Fsp3) is 0. The second kappa shape index (κ2) is 8.18. The van der Waals surface area contributed by atoms with Gasteiger partial charge in [0, 0.05) is 11.8 Å². The highest BCUT2D eigenvalue weighted by Gasteiger charge is 2.13. The van der Waals surface area contributed by atoms with Crippen LogP contribution >= 0.6 is 0 Å². The number of nitrogens with one attached hydrogen (secondary N) is 1. The SMILES string of the molecule is N#Cc1cccc(-c2cc(=O)c(C#N)c(-c3ccc(Oc4ccccc4)cc3)[nH]2)c1. The monoisotopic (exact) mass is 389 g/mol. The summed E-state index contributed by atoms with van der Waals surface area (Å²) in [6.45, 7) is 0. The van der Waals surface area contributed by atoms with Gasteiger partial charge in [0.05, 0.1) is 17.3 Å². The lowest BCUT2D eigenvalue weighted by atomic mass is 10.0. The number of aromatic amines is 1. The number of H-pyrrole nitrogens is 1. The third kappa shape index (κ3) is 3.82. The maximum atomic E-state index is 12.6.